The van der Waals surface area contributed by atoms with Gasteiger partial charge in [-0.15, -0.1) is 0 Å². The molecular weight excluding hydrogens is 409 g/mol. The molecule has 0 spiro atoms. The molecule has 1 aliphatic heterocycles. The van der Waals surface area contributed by atoms with Gasteiger partial charge in [0.25, 0.3) is 11.8 Å². The number of rotatable bonds is 6. The molecule has 4 rings (SSSR count). The zero-order valence-electron chi connectivity index (χ0n) is 18.0. The van der Waals surface area contributed by atoms with Crippen LogP contribution in [0.4, 0.5) is 4.39 Å². The molecule has 2 aromatic carbocycles. The smallest absolute Gasteiger partial charge is 0.289 e. The zero-order chi connectivity index (χ0) is 22.5. The van der Waals surface area contributed by atoms with E-state index in [0.29, 0.717) is 38.2 Å². The van der Waals surface area contributed by atoms with Crippen LogP contribution in [0.2, 0.25) is 0 Å². The minimum atomic E-state index is -0.505. The van der Waals surface area contributed by atoms with Crippen molar-refractivity contribution in [2.45, 2.75) is 32.1 Å². The van der Waals surface area contributed by atoms with Crippen LogP contribution in [0, 0.1) is 12.7 Å². The zero-order valence-corrected chi connectivity index (χ0v) is 18.0. The molecule has 32 heavy (non-hydrogen) atoms. The lowest BCUT2D eigenvalue weighted by Gasteiger charge is -2.31. The van der Waals surface area contributed by atoms with Crippen LogP contribution in [0.3, 0.4) is 0 Å². The number of carbonyl (C=O) groups is 2. The molecule has 0 atom stereocenters. The van der Waals surface area contributed by atoms with Crippen molar-refractivity contribution in [3.05, 3.63) is 88.6 Å². The predicted molar refractivity (Wildman–Crippen MR) is 118 cm³/mol. The third-order valence-electron chi connectivity index (χ3n) is 6.00. The number of amides is 2. The summed E-state index contributed by atoms with van der Waals surface area (Å²) in [5.41, 5.74) is 3.20. The van der Waals surface area contributed by atoms with Gasteiger partial charge < -0.3 is 14.7 Å². The number of likely N-dealkylation sites (tertiary alicyclic amines) is 1. The molecule has 0 unspecified atom stereocenters. The Balaban J connectivity index is 1.28. The Bertz CT molecular complexity index is 1100. The SMILES string of the molecule is Cc1ccccc1CCNC(=O)c1cc(C2CCN(C(=O)c3ccccc3F)CC2)no1. The Morgan fingerprint density at radius 3 is 2.59 bits per heavy atom. The standard InChI is InChI=1S/C25H26FN3O3/c1-17-6-2-3-7-18(17)10-13-27-24(30)23-16-22(28-32-23)19-11-14-29(15-12-19)25(31)20-8-4-5-9-21(20)26/h2-9,16,19H,10-15H2,1H3,(H,27,30). The minimum Gasteiger partial charge on any atom is -0.351 e. The van der Waals surface area contributed by atoms with Gasteiger partial charge in [0, 0.05) is 31.6 Å². The molecule has 7 heteroatoms. The number of hydrogen-bond donors (Lipinski definition) is 1. The van der Waals surface area contributed by atoms with E-state index in [1.54, 1.807) is 23.1 Å². The first-order valence-corrected chi connectivity index (χ1v) is 10.9. The van der Waals surface area contributed by atoms with Crippen molar-refractivity contribution in [3.8, 4) is 0 Å². The molecule has 1 aromatic heterocycles. The van der Waals surface area contributed by atoms with Crippen LogP contribution >= 0.6 is 0 Å². The van der Waals surface area contributed by atoms with Crippen LogP contribution in [-0.4, -0.2) is 41.5 Å². The molecule has 0 saturated carbocycles. The first-order valence-electron chi connectivity index (χ1n) is 10.9. The molecule has 2 heterocycles. The van der Waals surface area contributed by atoms with Gasteiger partial charge in [0.1, 0.15) is 5.82 Å². The predicted octanol–water partition coefficient (Wildman–Crippen LogP) is 4.11. The summed E-state index contributed by atoms with van der Waals surface area (Å²) in [4.78, 5) is 26.7. The number of nitrogens with one attached hydrogen (secondary N) is 1. The summed E-state index contributed by atoms with van der Waals surface area (Å²) in [5.74, 6) is -0.805. The summed E-state index contributed by atoms with van der Waals surface area (Å²) in [6.07, 6.45) is 2.11. The second-order valence-electron chi connectivity index (χ2n) is 8.09. The van der Waals surface area contributed by atoms with Crippen LogP contribution in [0.1, 0.15) is 56.5 Å². The van der Waals surface area contributed by atoms with E-state index in [-0.39, 0.29) is 29.1 Å². The summed E-state index contributed by atoms with van der Waals surface area (Å²) in [6.45, 7) is 3.57. The van der Waals surface area contributed by atoms with Gasteiger partial charge in [0.15, 0.2) is 0 Å². The van der Waals surface area contributed by atoms with E-state index in [1.165, 1.54) is 23.3 Å². The molecule has 2 amide bonds. The fourth-order valence-corrected chi connectivity index (χ4v) is 4.06. The average molecular weight is 435 g/mol. The molecule has 0 bridgehead atoms. The van der Waals surface area contributed by atoms with Gasteiger partial charge in [-0.25, -0.2) is 4.39 Å². The Labute approximate surface area is 186 Å². The monoisotopic (exact) mass is 435 g/mol. The van der Waals surface area contributed by atoms with E-state index in [0.717, 1.165) is 6.42 Å². The summed E-state index contributed by atoms with van der Waals surface area (Å²) in [6, 6.07) is 15.8. The molecule has 6 nitrogen and oxygen atoms in total. The first kappa shape index (κ1) is 21.7. The second kappa shape index (κ2) is 9.77. The van der Waals surface area contributed by atoms with E-state index in [2.05, 4.69) is 29.5 Å². The van der Waals surface area contributed by atoms with Crippen molar-refractivity contribution < 1.29 is 18.5 Å². The lowest BCUT2D eigenvalue weighted by atomic mass is 9.93. The average Bonchev–Trinajstić information content (AvgIpc) is 3.31. The topological polar surface area (TPSA) is 75.4 Å². The van der Waals surface area contributed by atoms with Crippen molar-refractivity contribution in [1.29, 1.82) is 0 Å². The maximum atomic E-state index is 13.9. The van der Waals surface area contributed by atoms with Crippen LogP contribution in [0.5, 0.6) is 0 Å². The normalized spacial score (nSPS) is 14.4. The van der Waals surface area contributed by atoms with Gasteiger partial charge in [0.2, 0.25) is 5.76 Å². The number of nitrogens with zero attached hydrogens (tertiary/aromatic N) is 2. The van der Waals surface area contributed by atoms with Gasteiger partial charge in [-0.2, -0.15) is 0 Å². The van der Waals surface area contributed by atoms with Crippen molar-refractivity contribution in [3.63, 3.8) is 0 Å². The molecule has 0 aliphatic carbocycles. The number of hydrogen-bond acceptors (Lipinski definition) is 4. The van der Waals surface area contributed by atoms with Crippen molar-refractivity contribution in [2.24, 2.45) is 0 Å². The van der Waals surface area contributed by atoms with Crippen molar-refractivity contribution in [2.75, 3.05) is 19.6 Å². The van der Waals surface area contributed by atoms with Gasteiger partial charge in [-0.1, -0.05) is 41.6 Å². The highest BCUT2D eigenvalue weighted by Crippen LogP contribution is 2.28. The van der Waals surface area contributed by atoms with Gasteiger partial charge in [0.05, 0.1) is 11.3 Å². The molecular formula is C25H26FN3O3. The Morgan fingerprint density at radius 1 is 1.12 bits per heavy atom. The summed E-state index contributed by atoms with van der Waals surface area (Å²) in [7, 11) is 0. The summed E-state index contributed by atoms with van der Waals surface area (Å²) >= 11 is 0. The fourth-order valence-electron chi connectivity index (χ4n) is 4.06. The molecule has 3 aromatic rings. The quantitative estimate of drug-likeness (QED) is 0.632. The second-order valence-corrected chi connectivity index (χ2v) is 8.09. The van der Waals surface area contributed by atoms with Crippen LogP contribution in [0.15, 0.2) is 59.1 Å². The molecule has 166 valence electrons. The molecule has 1 N–H and O–H groups in total. The highest BCUT2D eigenvalue weighted by molar-refractivity contribution is 5.94. The molecule has 1 saturated heterocycles. The number of carbonyl (C=O) groups excluding carboxylic acids is 2. The Hall–Kier alpha value is -3.48. The Morgan fingerprint density at radius 2 is 1.84 bits per heavy atom. The lowest BCUT2D eigenvalue weighted by Crippen LogP contribution is -2.38. The highest BCUT2D eigenvalue weighted by atomic mass is 19.1. The number of aromatic nitrogens is 1. The van der Waals surface area contributed by atoms with Crippen LogP contribution in [0.25, 0.3) is 0 Å². The third-order valence-corrected chi connectivity index (χ3v) is 6.00. The number of benzene rings is 2. The maximum Gasteiger partial charge on any atom is 0.289 e. The minimum absolute atomic E-state index is 0.0944. The summed E-state index contributed by atoms with van der Waals surface area (Å²) < 4.78 is 19.2. The van der Waals surface area contributed by atoms with E-state index < -0.39 is 5.82 Å². The van der Waals surface area contributed by atoms with E-state index in [4.69, 9.17) is 4.52 Å². The third kappa shape index (κ3) is 4.88. The van der Waals surface area contributed by atoms with Crippen molar-refractivity contribution in [1.82, 2.24) is 15.4 Å². The maximum absolute atomic E-state index is 13.9. The van der Waals surface area contributed by atoms with Crippen LogP contribution in [-0.2, 0) is 6.42 Å². The van der Waals surface area contributed by atoms with Crippen LogP contribution < -0.4 is 5.32 Å². The first-order chi connectivity index (χ1) is 15.5. The van der Waals surface area contributed by atoms with Gasteiger partial charge in [-0.05, 0) is 49.4 Å². The van der Waals surface area contributed by atoms with Gasteiger partial charge >= 0.3 is 0 Å². The lowest BCUT2D eigenvalue weighted by molar-refractivity contribution is 0.0706. The summed E-state index contributed by atoms with van der Waals surface area (Å²) in [5, 5.41) is 6.96. The van der Waals surface area contributed by atoms with Gasteiger partial charge in [-0.3, -0.25) is 9.59 Å². The fraction of sp³-hybridized carbons (Fsp3) is 0.320. The van der Waals surface area contributed by atoms with E-state index >= 15 is 0 Å². The molecule has 1 fully saturated rings. The number of aryl methyl sites for hydroxylation is 1. The van der Waals surface area contributed by atoms with Crippen molar-refractivity contribution >= 4 is 11.8 Å². The Kier molecular flexibility index (Phi) is 6.63. The molecule has 0 radical (unpaired) electrons. The number of piperidine rings is 1. The highest BCUT2D eigenvalue weighted by Gasteiger charge is 2.28. The van der Waals surface area contributed by atoms with E-state index in [9.17, 15) is 14.0 Å². The largest absolute Gasteiger partial charge is 0.351 e. The molecule has 1 aliphatic rings. The van der Waals surface area contributed by atoms with E-state index in [1.807, 2.05) is 12.1 Å². The number of halogens is 1.